The molecule has 3 amide bonds. The minimum absolute atomic E-state index is 0.0379. The zero-order chi connectivity index (χ0) is 19.8. The van der Waals surface area contributed by atoms with E-state index in [1.807, 2.05) is 24.3 Å². The summed E-state index contributed by atoms with van der Waals surface area (Å²) in [7, 11) is 0. The van der Waals surface area contributed by atoms with Crippen LogP contribution in [0.3, 0.4) is 0 Å². The summed E-state index contributed by atoms with van der Waals surface area (Å²) in [5, 5.41) is 18.3. The zero-order valence-electron chi connectivity index (χ0n) is 14.5. The number of carbonyl (C=O) groups is 4. The number of aliphatic carboxylic acids is 1. The molecule has 7 N–H and O–H groups in total. The lowest BCUT2D eigenvalue weighted by Gasteiger charge is -2.17. The number of carbonyl (C=O) groups excluding carboxylic acids is 4. The van der Waals surface area contributed by atoms with E-state index in [1.165, 1.54) is 0 Å². The van der Waals surface area contributed by atoms with E-state index in [9.17, 15) is 24.3 Å². The van der Waals surface area contributed by atoms with Gasteiger partial charge in [-0.1, -0.05) is 18.2 Å². The van der Waals surface area contributed by atoms with Crippen LogP contribution in [0, 0.1) is 0 Å². The van der Waals surface area contributed by atoms with Crippen LogP contribution in [-0.4, -0.2) is 54.4 Å². The van der Waals surface area contributed by atoms with Crippen molar-refractivity contribution in [1.29, 1.82) is 0 Å². The summed E-state index contributed by atoms with van der Waals surface area (Å²) in [6.07, 6.45) is 1.97. The van der Waals surface area contributed by atoms with Crippen molar-refractivity contribution in [3.05, 3.63) is 36.0 Å². The Morgan fingerprint density at radius 2 is 1.81 bits per heavy atom. The van der Waals surface area contributed by atoms with Crippen molar-refractivity contribution in [3.8, 4) is 0 Å². The molecule has 0 saturated heterocycles. The number of fused-ring (bicyclic) bond motifs is 1. The molecule has 1 aromatic carbocycles. The van der Waals surface area contributed by atoms with Crippen LogP contribution in [0.2, 0.25) is 0 Å². The Hall–Kier alpha value is -3.40. The Kier molecular flexibility index (Phi) is 6.89. The maximum atomic E-state index is 12.4. The van der Waals surface area contributed by atoms with Gasteiger partial charge in [-0.3, -0.25) is 14.4 Å². The monoisotopic (exact) mass is 375 g/mol. The Labute approximate surface area is 154 Å². The molecule has 0 radical (unpaired) electrons. The second kappa shape index (κ2) is 9.34. The quantitative estimate of drug-likeness (QED) is 0.304. The number of aromatic nitrogens is 1. The average molecular weight is 375 g/mol. The number of hydrogen-bond donors (Lipinski definition) is 5. The Morgan fingerprint density at radius 3 is 2.52 bits per heavy atom. The van der Waals surface area contributed by atoms with E-state index in [0.717, 1.165) is 16.5 Å². The van der Waals surface area contributed by atoms with Gasteiger partial charge in [0.15, 0.2) is 6.54 Å². The van der Waals surface area contributed by atoms with Gasteiger partial charge in [0.25, 0.3) is 5.91 Å². The summed E-state index contributed by atoms with van der Waals surface area (Å²) in [4.78, 5) is 49.1. The minimum Gasteiger partial charge on any atom is -0.548 e. The van der Waals surface area contributed by atoms with E-state index in [2.05, 4.69) is 26.7 Å². The van der Waals surface area contributed by atoms with Crippen molar-refractivity contribution in [2.24, 2.45) is 0 Å². The Morgan fingerprint density at radius 1 is 1.07 bits per heavy atom. The molecule has 27 heavy (non-hydrogen) atoms. The van der Waals surface area contributed by atoms with Gasteiger partial charge in [0.1, 0.15) is 6.04 Å². The molecule has 2 aromatic rings. The van der Waals surface area contributed by atoms with Gasteiger partial charge in [-0.15, -0.1) is 0 Å². The van der Waals surface area contributed by atoms with Crippen LogP contribution in [0.15, 0.2) is 30.5 Å². The molecule has 10 heteroatoms. The fourth-order valence-corrected chi connectivity index (χ4v) is 2.52. The first-order valence-corrected chi connectivity index (χ1v) is 8.28. The second-order valence-corrected chi connectivity index (χ2v) is 5.80. The highest BCUT2D eigenvalue weighted by molar-refractivity contribution is 5.92. The van der Waals surface area contributed by atoms with Crippen LogP contribution in [0.1, 0.15) is 5.56 Å². The van der Waals surface area contributed by atoms with Crippen molar-refractivity contribution in [1.82, 2.24) is 20.9 Å². The highest BCUT2D eigenvalue weighted by atomic mass is 16.4. The number of benzene rings is 1. The second-order valence-electron chi connectivity index (χ2n) is 5.80. The third-order valence-corrected chi connectivity index (χ3v) is 3.83. The van der Waals surface area contributed by atoms with Gasteiger partial charge in [-0.2, -0.15) is 0 Å². The van der Waals surface area contributed by atoms with E-state index in [1.54, 1.807) is 6.20 Å². The third-order valence-electron chi connectivity index (χ3n) is 3.83. The summed E-state index contributed by atoms with van der Waals surface area (Å²) in [5.74, 6) is -3.08. The number of carboxylic acids is 1. The molecule has 0 saturated carbocycles. The molecule has 10 nitrogen and oxygen atoms in total. The van der Waals surface area contributed by atoms with Crippen LogP contribution in [-0.2, 0) is 25.6 Å². The topological polar surface area (TPSA) is 171 Å². The number of nitrogens with one attached hydrogen (secondary N) is 4. The molecule has 1 atom stereocenters. The summed E-state index contributed by atoms with van der Waals surface area (Å²) >= 11 is 0. The van der Waals surface area contributed by atoms with Crippen molar-refractivity contribution < 1.29 is 30.0 Å². The van der Waals surface area contributed by atoms with Crippen LogP contribution >= 0.6 is 0 Å². The van der Waals surface area contributed by atoms with E-state index in [0.29, 0.717) is 0 Å². The third kappa shape index (κ3) is 5.82. The van der Waals surface area contributed by atoms with Crippen LogP contribution < -0.4 is 26.8 Å². The van der Waals surface area contributed by atoms with Gasteiger partial charge in [0.2, 0.25) is 11.8 Å². The zero-order valence-corrected chi connectivity index (χ0v) is 14.5. The molecule has 144 valence electrons. The predicted molar refractivity (Wildman–Crippen MR) is 92.7 cm³/mol. The molecule has 1 aromatic heterocycles. The van der Waals surface area contributed by atoms with E-state index in [4.69, 9.17) is 0 Å². The first-order valence-electron chi connectivity index (χ1n) is 8.28. The summed E-state index contributed by atoms with van der Waals surface area (Å²) in [6.45, 7) is -1.10. The van der Waals surface area contributed by atoms with Crippen molar-refractivity contribution >= 4 is 34.6 Å². The highest BCUT2D eigenvalue weighted by Gasteiger charge is 2.23. The molecular weight excluding hydrogens is 354 g/mol. The SMILES string of the molecule is [NH3+]CC(=O)N[C@@H](Cc1c[nH]c2ccccc12)C(=O)NCC(=O)NCC(=O)[O-]. The number of quaternary nitrogens is 1. The van der Waals surface area contributed by atoms with Gasteiger partial charge >= 0.3 is 0 Å². The van der Waals surface area contributed by atoms with Crippen molar-refractivity contribution in [2.75, 3.05) is 19.6 Å². The normalized spacial score (nSPS) is 11.6. The number of carboxylic acid groups (broad SMARTS) is 1. The molecule has 0 unspecified atom stereocenters. The number of H-pyrrole nitrogens is 1. The predicted octanol–water partition coefficient (Wildman–Crippen LogP) is -3.58. The minimum atomic E-state index is -1.44. The van der Waals surface area contributed by atoms with Crippen LogP contribution in [0.25, 0.3) is 10.9 Å². The molecule has 0 fully saturated rings. The van der Waals surface area contributed by atoms with Gasteiger partial charge in [-0.25, -0.2) is 0 Å². The molecule has 0 spiro atoms. The van der Waals surface area contributed by atoms with Crippen molar-refractivity contribution in [2.45, 2.75) is 12.5 Å². The molecule has 0 aliphatic rings. The van der Waals surface area contributed by atoms with Gasteiger partial charge in [0.05, 0.1) is 19.1 Å². The number of hydrogen-bond acceptors (Lipinski definition) is 5. The fraction of sp³-hybridized carbons (Fsp3) is 0.294. The molecule has 0 aliphatic heterocycles. The van der Waals surface area contributed by atoms with Crippen molar-refractivity contribution in [3.63, 3.8) is 0 Å². The number of rotatable bonds is 9. The molecular formula is C17H21N5O5. The van der Waals surface area contributed by atoms with E-state index < -0.39 is 42.8 Å². The molecule has 0 aliphatic carbocycles. The lowest BCUT2D eigenvalue weighted by atomic mass is 10.0. The lowest BCUT2D eigenvalue weighted by Crippen LogP contribution is -2.60. The molecule has 1 heterocycles. The number of para-hydroxylation sites is 1. The van der Waals surface area contributed by atoms with Gasteiger partial charge in [-0.05, 0) is 11.6 Å². The first kappa shape index (κ1) is 19.9. The number of amides is 3. The average Bonchev–Trinajstić information content (AvgIpc) is 3.06. The highest BCUT2D eigenvalue weighted by Crippen LogP contribution is 2.19. The Bertz CT molecular complexity index is 847. The van der Waals surface area contributed by atoms with Gasteiger partial charge in [0, 0.05) is 23.5 Å². The lowest BCUT2D eigenvalue weighted by molar-refractivity contribution is -0.355. The van der Waals surface area contributed by atoms with Crippen LogP contribution in [0.4, 0.5) is 0 Å². The fourth-order valence-electron chi connectivity index (χ4n) is 2.52. The largest absolute Gasteiger partial charge is 0.548 e. The first-order chi connectivity index (χ1) is 12.9. The maximum absolute atomic E-state index is 12.4. The maximum Gasteiger partial charge on any atom is 0.275 e. The summed E-state index contributed by atoms with van der Waals surface area (Å²) < 4.78 is 0. The molecule has 0 bridgehead atoms. The Balaban J connectivity index is 2.04. The summed E-state index contributed by atoms with van der Waals surface area (Å²) in [5.41, 5.74) is 5.21. The number of aromatic amines is 1. The van der Waals surface area contributed by atoms with Crippen LogP contribution in [0.5, 0.6) is 0 Å². The summed E-state index contributed by atoms with van der Waals surface area (Å²) in [6, 6.07) is 6.62. The standard InChI is InChI=1S/C17H21N5O5/c18-6-14(23)22-13(17(27)21-8-15(24)20-9-16(25)26)5-10-7-19-12-4-2-1-3-11(10)12/h1-4,7,13,19H,5-6,8-9,18H2,(H,20,24)(H,21,27)(H,22,23)(H,25,26)/t13-/m0/s1. The smallest absolute Gasteiger partial charge is 0.275 e. The van der Waals surface area contributed by atoms with E-state index >= 15 is 0 Å². The molecule has 2 rings (SSSR count). The van der Waals surface area contributed by atoms with Gasteiger partial charge < -0.3 is 36.6 Å². The van der Waals surface area contributed by atoms with E-state index in [-0.39, 0.29) is 13.0 Å².